The monoisotopic (exact) mass is 456 g/mol. The summed E-state index contributed by atoms with van der Waals surface area (Å²) in [5, 5.41) is 31.9. The summed E-state index contributed by atoms with van der Waals surface area (Å²) in [7, 11) is 0. The molecule has 176 valence electrons. The third kappa shape index (κ3) is 11.7. The Balaban J connectivity index is 0.000000554. The first kappa shape index (κ1) is 26.7. The molecule has 32 heavy (non-hydrogen) atoms. The quantitative estimate of drug-likeness (QED) is 0.486. The molecule has 1 saturated heterocycles. The van der Waals surface area contributed by atoms with Crippen LogP contribution in [0.2, 0.25) is 0 Å². The number of nitrogens with one attached hydrogen (secondary N) is 1. The summed E-state index contributed by atoms with van der Waals surface area (Å²) in [6, 6.07) is 13.5. The van der Waals surface area contributed by atoms with Crippen molar-refractivity contribution in [3.05, 3.63) is 102 Å². The van der Waals surface area contributed by atoms with Crippen molar-refractivity contribution in [2.75, 3.05) is 32.7 Å². The van der Waals surface area contributed by atoms with Gasteiger partial charge in [0.15, 0.2) is 0 Å². The molecule has 1 heterocycles. The lowest BCUT2D eigenvalue weighted by Gasteiger charge is -2.24. The molecule has 1 aliphatic heterocycles. The molecule has 0 bridgehead atoms. The highest BCUT2D eigenvalue weighted by Gasteiger charge is 2.18. The Bertz CT molecular complexity index is 752. The third-order valence-corrected chi connectivity index (χ3v) is 4.97. The molecule has 1 aliphatic rings. The number of benzene rings is 2. The molecule has 0 atom stereocenters. The van der Waals surface area contributed by atoms with Crippen LogP contribution in [0, 0.1) is 42.3 Å². The lowest BCUT2D eigenvalue weighted by atomic mass is 9.87. The van der Waals surface area contributed by atoms with Crippen LogP contribution in [0.4, 0.5) is 8.78 Å². The van der Waals surface area contributed by atoms with Gasteiger partial charge in [0.05, 0.1) is 16.7 Å². The van der Waals surface area contributed by atoms with E-state index in [2.05, 4.69) is 5.32 Å². The Labute approximate surface area is 183 Å². The van der Waals surface area contributed by atoms with Crippen molar-refractivity contribution in [2.45, 2.75) is 18.8 Å². The zero-order chi connectivity index (χ0) is 23.9. The van der Waals surface area contributed by atoms with E-state index in [1.165, 1.54) is 57.0 Å². The summed E-state index contributed by atoms with van der Waals surface area (Å²) in [6.07, 6.45) is 2.12. The van der Waals surface area contributed by atoms with Gasteiger partial charge in [-0.25, -0.2) is 8.78 Å². The summed E-state index contributed by atoms with van der Waals surface area (Å²) >= 11 is 0. The number of rotatable bonds is 6. The third-order valence-electron chi connectivity index (χ3n) is 4.97. The molecular formula is C20H26F2N4O6. The largest absolute Gasteiger partial charge is 0.356 e. The standard InChI is InChI=1S/C20H24F2N2.2NO3/c21-18-7-3-16(4-8-18)20(17-5-9-19(22)10-6-17)2-1-13-24-14-11-23-12-15-24;2*2-1(3)4/h3-10,20,23H,1-2,11-15H2;;/q;2*-1/p+2. The number of halogens is 2. The first-order valence-electron chi connectivity index (χ1n) is 9.98. The molecule has 10 nitrogen and oxygen atoms in total. The second kappa shape index (κ2) is 14.6. The van der Waals surface area contributed by atoms with E-state index in [4.69, 9.17) is 30.6 Å². The van der Waals surface area contributed by atoms with E-state index >= 15 is 0 Å². The van der Waals surface area contributed by atoms with Crippen LogP contribution in [0.25, 0.3) is 0 Å². The van der Waals surface area contributed by atoms with Gasteiger partial charge in [-0.05, 0) is 48.2 Å². The van der Waals surface area contributed by atoms with Gasteiger partial charge in [0.2, 0.25) is 0 Å². The van der Waals surface area contributed by atoms with Crippen LogP contribution in [0.3, 0.4) is 0 Å². The fourth-order valence-corrected chi connectivity index (χ4v) is 3.60. The van der Waals surface area contributed by atoms with Crippen LogP contribution in [0.5, 0.6) is 0 Å². The molecule has 0 unspecified atom stereocenters. The summed E-state index contributed by atoms with van der Waals surface area (Å²) < 4.78 is 26.5. The first-order valence-corrected chi connectivity index (χ1v) is 9.98. The Morgan fingerprint density at radius 2 is 1.19 bits per heavy atom. The minimum Gasteiger partial charge on any atom is -0.356 e. The maximum absolute atomic E-state index is 13.2. The van der Waals surface area contributed by atoms with Gasteiger partial charge in [0, 0.05) is 5.92 Å². The lowest BCUT2D eigenvalue weighted by molar-refractivity contribution is -0.947. The minimum atomic E-state index is -1.75. The predicted octanol–water partition coefficient (Wildman–Crippen LogP) is 0.861. The van der Waals surface area contributed by atoms with E-state index < -0.39 is 10.2 Å². The predicted molar refractivity (Wildman–Crippen MR) is 112 cm³/mol. The van der Waals surface area contributed by atoms with Crippen molar-refractivity contribution in [3.63, 3.8) is 0 Å². The molecule has 0 aliphatic carbocycles. The highest BCUT2D eigenvalue weighted by Crippen LogP contribution is 2.29. The second-order valence-electron chi connectivity index (χ2n) is 7.11. The minimum absolute atomic E-state index is 0.196. The maximum Gasteiger partial charge on any atom is 0.127 e. The zero-order valence-electron chi connectivity index (χ0n) is 17.3. The SMILES string of the molecule is Fc1ccc(C(CCC[NH+]2CC[NH2+]CC2)c2ccc(F)cc2)cc1.O=[N+]([O-])[O-].O=[N+]([O-])[O-]. The van der Waals surface area contributed by atoms with Crippen LogP contribution < -0.4 is 10.2 Å². The van der Waals surface area contributed by atoms with Crippen molar-refractivity contribution in [1.82, 2.24) is 0 Å². The first-order chi connectivity index (χ1) is 15.2. The summed E-state index contributed by atoms with van der Waals surface area (Å²) in [5.41, 5.74) is 2.20. The van der Waals surface area contributed by atoms with Crippen LogP contribution in [0.1, 0.15) is 29.9 Å². The number of nitrogens with two attached hydrogens (primary N) is 1. The van der Waals surface area contributed by atoms with Gasteiger partial charge in [0.25, 0.3) is 0 Å². The number of quaternary nitrogens is 2. The number of piperazine rings is 1. The Morgan fingerprint density at radius 3 is 1.56 bits per heavy atom. The molecule has 0 amide bonds. The molecule has 12 heteroatoms. The van der Waals surface area contributed by atoms with Crippen molar-refractivity contribution in [1.29, 1.82) is 0 Å². The fourth-order valence-electron chi connectivity index (χ4n) is 3.60. The van der Waals surface area contributed by atoms with Crippen molar-refractivity contribution < 1.29 is 29.2 Å². The van der Waals surface area contributed by atoms with E-state index in [0.29, 0.717) is 0 Å². The average molecular weight is 456 g/mol. The molecule has 0 radical (unpaired) electrons. The molecule has 0 saturated carbocycles. The van der Waals surface area contributed by atoms with Crippen LogP contribution >= 0.6 is 0 Å². The molecule has 0 spiro atoms. The number of nitrogens with zero attached hydrogens (tertiary/aromatic N) is 2. The summed E-state index contributed by atoms with van der Waals surface area (Å²) in [6.45, 7) is 6.08. The Kier molecular flexibility index (Phi) is 12.2. The molecule has 3 rings (SSSR count). The molecule has 2 aromatic carbocycles. The highest BCUT2D eigenvalue weighted by atomic mass is 19.1. The molecule has 3 N–H and O–H groups in total. The van der Waals surface area contributed by atoms with Crippen molar-refractivity contribution >= 4 is 0 Å². The van der Waals surface area contributed by atoms with E-state index in [1.54, 1.807) is 4.90 Å². The normalized spacial score (nSPS) is 13.3. The van der Waals surface area contributed by atoms with Crippen LogP contribution in [-0.2, 0) is 0 Å². The van der Waals surface area contributed by atoms with Gasteiger partial charge < -0.3 is 40.9 Å². The molecule has 0 aromatic heterocycles. The van der Waals surface area contributed by atoms with Gasteiger partial charge in [-0.2, -0.15) is 0 Å². The Morgan fingerprint density at radius 1 is 0.812 bits per heavy atom. The van der Waals surface area contributed by atoms with Crippen molar-refractivity contribution in [2.24, 2.45) is 0 Å². The molecular weight excluding hydrogens is 430 g/mol. The maximum atomic E-state index is 13.2. The smallest absolute Gasteiger partial charge is 0.127 e. The summed E-state index contributed by atoms with van der Waals surface area (Å²) in [4.78, 5) is 18.2. The van der Waals surface area contributed by atoms with Crippen LogP contribution in [0.15, 0.2) is 48.5 Å². The van der Waals surface area contributed by atoms with Gasteiger partial charge in [-0.1, -0.05) is 24.3 Å². The van der Waals surface area contributed by atoms with E-state index in [9.17, 15) is 8.78 Å². The van der Waals surface area contributed by atoms with Crippen molar-refractivity contribution in [3.8, 4) is 0 Å². The number of hydrogen-bond donors (Lipinski definition) is 2. The average Bonchev–Trinajstić information content (AvgIpc) is 2.73. The topological polar surface area (TPSA) is 153 Å². The molecule has 1 fully saturated rings. The lowest BCUT2D eigenvalue weighted by Crippen LogP contribution is -3.20. The second-order valence-corrected chi connectivity index (χ2v) is 7.11. The summed E-state index contributed by atoms with van der Waals surface area (Å²) in [5.74, 6) is -0.238. The highest BCUT2D eigenvalue weighted by molar-refractivity contribution is 5.32. The number of hydrogen-bond acceptors (Lipinski definition) is 6. The van der Waals surface area contributed by atoms with Gasteiger partial charge in [0.1, 0.15) is 37.8 Å². The molecule has 2 aromatic rings. The Hall–Kier alpha value is -3.38. The van der Waals surface area contributed by atoms with E-state index in [0.717, 1.165) is 24.0 Å². The fraction of sp³-hybridized carbons (Fsp3) is 0.400. The van der Waals surface area contributed by atoms with Gasteiger partial charge >= 0.3 is 0 Å². The van der Waals surface area contributed by atoms with E-state index in [1.807, 2.05) is 24.3 Å². The zero-order valence-corrected chi connectivity index (χ0v) is 17.3. The van der Waals surface area contributed by atoms with Gasteiger partial charge in [-0.3, -0.25) is 0 Å². The van der Waals surface area contributed by atoms with Crippen LogP contribution in [-0.4, -0.2) is 42.9 Å². The van der Waals surface area contributed by atoms with Gasteiger partial charge in [-0.15, -0.1) is 0 Å². The van der Waals surface area contributed by atoms with E-state index in [-0.39, 0.29) is 17.6 Å².